The van der Waals surface area contributed by atoms with Crippen molar-refractivity contribution >= 4 is 35.3 Å². The molecule has 0 aromatic heterocycles. The molecule has 0 fully saturated rings. The molecule has 1 heterocycles. The van der Waals surface area contributed by atoms with Gasteiger partial charge in [0.05, 0.1) is 23.4 Å². The van der Waals surface area contributed by atoms with Gasteiger partial charge in [-0.15, -0.1) is 11.8 Å². The molecule has 7 heteroatoms. The van der Waals surface area contributed by atoms with Gasteiger partial charge in [0, 0.05) is 11.4 Å². The van der Waals surface area contributed by atoms with Crippen molar-refractivity contribution in [3.63, 3.8) is 0 Å². The van der Waals surface area contributed by atoms with E-state index in [4.69, 9.17) is 10.2 Å². The third-order valence-corrected chi connectivity index (χ3v) is 3.75. The number of benzene rings is 1. The molecule has 0 radical (unpaired) electrons. The molecule has 1 aromatic rings. The van der Waals surface area contributed by atoms with Crippen molar-refractivity contribution in [3.8, 4) is 0 Å². The average Bonchev–Trinajstić information content (AvgIpc) is 2.36. The van der Waals surface area contributed by atoms with Crippen molar-refractivity contribution in [1.29, 1.82) is 0 Å². The lowest BCUT2D eigenvalue weighted by molar-refractivity contribution is -0.136. The van der Waals surface area contributed by atoms with Crippen molar-refractivity contribution in [2.75, 3.05) is 17.2 Å². The summed E-state index contributed by atoms with van der Waals surface area (Å²) in [4.78, 5) is 35.5. The molecule has 2 N–H and O–H groups in total. The highest BCUT2D eigenvalue weighted by Gasteiger charge is 2.26. The summed E-state index contributed by atoms with van der Waals surface area (Å²) in [6, 6.07) is 4.52. The van der Waals surface area contributed by atoms with E-state index in [0.29, 0.717) is 5.69 Å². The molecule has 0 spiro atoms. The van der Waals surface area contributed by atoms with Crippen LogP contribution in [0.15, 0.2) is 23.1 Å². The summed E-state index contributed by atoms with van der Waals surface area (Å²) in [7, 11) is 0. The highest BCUT2D eigenvalue weighted by atomic mass is 32.2. The van der Waals surface area contributed by atoms with Gasteiger partial charge in [0.2, 0.25) is 5.91 Å². The fourth-order valence-electron chi connectivity index (χ4n) is 1.79. The lowest BCUT2D eigenvalue weighted by atomic mass is 10.1. The minimum Gasteiger partial charge on any atom is -0.481 e. The Kier molecular flexibility index (Phi) is 3.75. The molecule has 6 nitrogen and oxygen atoms in total. The van der Waals surface area contributed by atoms with E-state index in [2.05, 4.69) is 0 Å². The predicted octanol–water partition coefficient (Wildman–Crippen LogP) is 1.30. The van der Waals surface area contributed by atoms with Crippen molar-refractivity contribution in [2.45, 2.75) is 11.3 Å². The highest BCUT2D eigenvalue weighted by Crippen LogP contribution is 2.36. The normalized spacial score (nSPS) is 14.1. The van der Waals surface area contributed by atoms with Crippen LogP contribution in [0.3, 0.4) is 0 Å². The molecule has 0 saturated heterocycles. The summed E-state index contributed by atoms with van der Waals surface area (Å²) in [5.41, 5.74) is 0.553. The van der Waals surface area contributed by atoms with Gasteiger partial charge in [-0.2, -0.15) is 0 Å². The van der Waals surface area contributed by atoms with Crippen LogP contribution in [0.4, 0.5) is 5.69 Å². The van der Waals surface area contributed by atoms with Crippen molar-refractivity contribution in [2.24, 2.45) is 0 Å². The molecular weight excluding hydrogens is 270 g/mol. The molecule has 1 aliphatic heterocycles. The molecule has 0 saturated carbocycles. The van der Waals surface area contributed by atoms with Crippen molar-refractivity contribution in [1.82, 2.24) is 0 Å². The number of carboxylic acids is 2. The van der Waals surface area contributed by atoms with Gasteiger partial charge in [-0.25, -0.2) is 4.79 Å². The van der Waals surface area contributed by atoms with E-state index in [9.17, 15) is 14.4 Å². The number of carbonyl (C=O) groups is 3. The SMILES string of the molecule is O=C(O)CCN1C(=O)CSc2ccc(C(=O)O)cc21. The fourth-order valence-corrected chi connectivity index (χ4v) is 2.70. The first-order valence-electron chi connectivity index (χ1n) is 5.51. The Balaban J connectivity index is 2.35. The number of thioether (sulfide) groups is 1. The molecule has 100 valence electrons. The molecule has 1 amide bonds. The molecular formula is C12H11NO5S. The first-order chi connectivity index (χ1) is 8.99. The number of amides is 1. The fraction of sp³-hybridized carbons (Fsp3) is 0.250. The Morgan fingerprint density at radius 1 is 1.32 bits per heavy atom. The van der Waals surface area contributed by atoms with Gasteiger partial charge < -0.3 is 15.1 Å². The zero-order chi connectivity index (χ0) is 14.0. The van der Waals surface area contributed by atoms with E-state index >= 15 is 0 Å². The number of carboxylic acid groups (broad SMARTS) is 2. The van der Waals surface area contributed by atoms with Crippen LogP contribution in [0.25, 0.3) is 0 Å². The smallest absolute Gasteiger partial charge is 0.335 e. The molecule has 0 bridgehead atoms. The van der Waals surface area contributed by atoms with Gasteiger partial charge in [0.1, 0.15) is 0 Å². The number of carbonyl (C=O) groups excluding carboxylic acids is 1. The minimum absolute atomic E-state index is 0.0464. The Labute approximate surface area is 113 Å². The number of nitrogens with zero attached hydrogens (tertiary/aromatic N) is 1. The quantitative estimate of drug-likeness (QED) is 0.863. The summed E-state index contributed by atoms with van der Waals surface area (Å²) in [5, 5.41) is 17.6. The van der Waals surface area contributed by atoms with Crippen LogP contribution < -0.4 is 4.90 Å². The minimum atomic E-state index is -1.08. The van der Waals surface area contributed by atoms with Gasteiger partial charge >= 0.3 is 11.9 Å². The van der Waals surface area contributed by atoms with Crippen LogP contribution in [0, 0.1) is 0 Å². The maximum Gasteiger partial charge on any atom is 0.335 e. The number of hydrogen-bond acceptors (Lipinski definition) is 4. The lowest BCUT2D eigenvalue weighted by Gasteiger charge is -2.28. The summed E-state index contributed by atoms with van der Waals surface area (Å²) < 4.78 is 0. The topological polar surface area (TPSA) is 94.9 Å². The molecule has 2 rings (SSSR count). The Hall–Kier alpha value is -2.02. The van der Waals surface area contributed by atoms with Gasteiger partial charge in [0.15, 0.2) is 0 Å². The second kappa shape index (κ2) is 5.31. The average molecular weight is 281 g/mol. The van der Waals surface area contributed by atoms with E-state index in [-0.39, 0.29) is 30.2 Å². The van der Waals surface area contributed by atoms with Gasteiger partial charge in [-0.1, -0.05) is 0 Å². The zero-order valence-corrected chi connectivity index (χ0v) is 10.6. The second-order valence-electron chi connectivity index (χ2n) is 3.97. The van der Waals surface area contributed by atoms with Crippen LogP contribution in [0.5, 0.6) is 0 Å². The van der Waals surface area contributed by atoms with E-state index in [1.54, 1.807) is 6.07 Å². The summed E-state index contributed by atoms with van der Waals surface area (Å²) in [6.45, 7) is 0.0464. The first kappa shape index (κ1) is 13.4. The number of aromatic carboxylic acids is 1. The van der Waals surface area contributed by atoms with Gasteiger partial charge in [-0.3, -0.25) is 9.59 Å². The van der Waals surface area contributed by atoms with Crippen LogP contribution in [0.2, 0.25) is 0 Å². The van der Waals surface area contributed by atoms with Crippen molar-refractivity contribution in [3.05, 3.63) is 23.8 Å². The van der Waals surface area contributed by atoms with E-state index in [1.807, 2.05) is 0 Å². The number of aliphatic carboxylic acids is 1. The predicted molar refractivity (Wildman–Crippen MR) is 68.7 cm³/mol. The maximum atomic E-state index is 11.8. The number of anilines is 1. The molecule has 0 aliphatic carbocycles. The summed E-state index contributed by atoms with van der Waals surface area (Å²) in [6.07, 6.45) is -0.173. The monoisotopic (exact) mass is 281 g/mol. The molecule has 1 aliphatic rings. The molecule has 0 unspecified atom stereocenters. The zero-order valence-electron chi connectivity index (χ0n) is 9.83. The van der Waals surface area contributed by atoms with E-state index in [1.165, 1.54) is 28.8 Å². The summed E-state index contributed by atoms with van der Waals surface area (Å²) in [5.74, 6) is -2.05. The lowest BCUT2D eigenvalue weighted by Crippen LogP contribution is -2.37. The maximum absolute atomic E-state index is 11.8. The number of fused-ring (bicyclic) bond motifs is 1. The van der Waals surface area contributed by atoms with Crippen LogP contribution in [-0.2, 0) is 9.59 Å². The third-order valence-electron chi connectivity index (χ3n) is 2.70. The second-order valence-corrected chi connectivity index (χ2v) is 4.98. The number of hydrogen-bond donors (Lipinski definition) is 2. The first-order valence-corrected chi connectivity index (χ1v) is 6.50. The van der Waals surface area contributed by atoms with Gasteiger partial charge in [-0.05, 0) is 18.2 Å². The van der Waals surface area contributed by atoms with E-state index in [0.717, 1.165) is 4.90 Å². The Morgan fingerprint density at radius 3 is 2.68 bits per heavy atom. The van der Waals surface area contributed by atoms with Crippen LogP contribution in [0.1, 0.15) is 16.8 Å². The van der Waals surface area contributed by atoms with Gasteiger partial charge in [0.25, 0.3) is 0 Å². The van der Waals surface area contributed by atoms with E-state index < -0.39 is 11.9 Å². The Bertz CT molecular complexity index is 557. The standard InChI is InChI=1S/C12H11NO5S/c14-10-6-19-9-2-1-7(12(17)18)5-8(9)13(10)4-3-11(15)16/h1-2,5H,3-4,6H2,(H,15,16)(H,17,18). The van der Waals surface area contributed by atoms with Crippen LogP contribution in [-0.4, -0.2) is 40.4 Å². The van der Waals surface area contributed by atoms with Crippen molar-refractivity contribution < 1.29 is 24.6 Å². The highest BCUT2D eigenvalue weighted by molar-refractivity contribution is 8.00. The third kappa shape index (κ3) is 2.87. The summed E-state index contributed by atoms with van der Waals surface area (Å²) >= 11 is 1.32. The largest absolute Gasteiger partial charge is 0.481 e. The molecule has 19 heavy (non-hydrogen) atoms. The molecule has 1 aromatic carbocycles. The van der Waals surface area contributed by atoms with Crippen LogP contribution >= 0.6 is 11.8 Å². The Morgan fingerprint density at radius 2 is 2.05 bits per heavy atom. The molecule has 0 atom stereocenters. The number of rotatable bonds is 4.